The van der Waals surface area contributed by atoms with Crippen LogP contribution in [-0.4, -0.2) is 96.5 Å². The summed E-state index contributed by atoms with van der Waals surface area (Å²) < 4.78 is 42.8. The highest BCUT2D eigenvalue weighted by Gasteiger charge is 2.46. The van der Waals surface area contributed by atoms with Gasteiger partial charge in [-0.3, -0.25) is 9.59 Å². The van der Waals surface area contributed by atoms with Gasteiger partial charge < -0.3 is 29.4 Å². The monoisotopic (exact) mass is 447 g/mol. The van der Waals surface area contributed by atoms with Crippen LogP contribution >= 0.6 is 0 Å². The lowest BCUT2D eigenvalue weighted by Crippen LogP contribution is -2.49. The number of aromatic amines is 1. The molecule has 3 saturated heterocycles. The number of nitrogens with zero attached hydrogens (tertiary/aromatic N) is 2. The largest absolute Gasteiger partial charge is 0.490 e. The van der Waals surface area contributed by atoms with Crippen molar-refractivity contribution in [1.29, 1.82) is 0 Å². The molecule has 2 amide bonds. The number of hydrogen-bond acceptors (Lipinski definition) is 5. The summed E-state index contributed by atoms with van der Waals surface area (Å²) in [5.41, 5.74) is 0.672. The van der Waals surface area contributed by atoms with Gasteiger partial charge >= 0.3 is 12.1 Å². The van der Waals surface area contributed by atoms with E-state index in [1.54, 1.807) is 18.5 Å². The second kappa shape index (κ2) is 9.69. The number of morpholine rings is 1. The maximum Gasteiger partial charge on any atom is 0.490 e. The van der Waals surface area contributed by atoms with Gasteiger partial charge in [0.15, 0.2) is 0 Å². The van der Waals surface area contributed by atoms with Crippen molar-refractivity contribution >= 4 is 17.8 Å². The predicted molar refractivity (Wildman–Crippen MR) is 99.1 cm³/mol. The molecule has 12 heteroatoms. The minimum atomic E-state index is -5.08. The van der Waals surface area contributed by atoms with E-state index in [0.717, 1.165) is 0 Å². The van der Waals surface area contributed by atoms with Crippen molar-refractivity contribution in [3.05, 3.63) is 24.0 Å². The molecule has 0 aliphatic carbocycles. The van der Waals surface area contributed by atoms with Crippen molar-refractivity contribution in [3.8, 4) is 0 Å². The number of rotatable bonds is 2. The Kier molecular flexibility index (Phi) is 7.21. The standard InChI is InChI=1S/C17H23N3O4.C2HF3O2/c21-16(12-1-2-18-7-12)20-8-13-10-24-11-15(14(13)9-20)17(22)19-3-5-23-6-4-19;3-2(4,5)1(6)7/h1-2,7,13-15,18H,3-6,8-11H2;(H,6,7)/t13-,14-,15+;/m1./s1. The summed E-state index contributed by atoms with van der Waals surface area (Å²) in [6, 6.07) is 1.79. The maximum atomic E-state index is 12.9. The maximum absolute atomic E-state index is 12.9. The fourth-order valence-corrected chi connectivity index (χ4v) is 4.08. The Labute approximate surface area is 176 Å². The highest BCUT2D eigenvalue weighted by molar-refractivity contribution is 5.94. The van der Waals surface area contributed by atoms with Crippen LogP contribution in [0.15, 0.2) is 18.5 Å². The number of halogens is 3. The SMILES string of the molecule is O=C(O)C(F)(F)F.O=C(c1cc[nH]c1)N1C[C@@H]2COC[C@H](C(=O)N3CCOCC3)[C@@H]2C1. The first-order valence-electron chi connectivity index (χ1n) is 9.85. The molecule has 172 valence electrons. The lowest BCUT2D eigenvalue weighted by atomic mass is 9.82. The molecule has 31 heavy (non-hydrogen) atoms. The number of aliphatic carboxylic acids is 1. The molecular weight excluding hydrogens is 423 g/mol. The molecule has 4 rings (SSSR count). The van der Waals surface area contributed by atoms with Crippen LogP contribution in [0.3, 0.4) is 0 Å². The Balaban J connectivity index is 0.000000339. The van der Waals surface area contributed by atoms with Crippen LogP contribution in [0, 0.1) is 17.8 Å². The molecule has 3 aliphatic heterocycles. The summed E-state index contributed by atoms with van der Waals surface area (Å²) in [4.78, 5) is 41.0. The fraction of sp³-hybridized carbons (Fsp3) is 0.632. The van der Waals surface area contributed by atoms with Gasteiger partial charge in [-0.2, -0.15) is 13.2 Å². The van der Waals surface area contributed by atoms with Crippen LogP contribution in [0.5, 0.6) is 0 Å². The molecule has 9 nitrogen and oxygen atoms in total. The number of H-pyrrole nitrogens is 1. The molecule has 0 radical (unpaired) electrons. The van der Waals surface area contributed by atoms with Crippen LogP contribution in [0.2, 0.25) is 0 Å². The number of nitrogens with one attached hydrogen (secondary N) is 1. The molecule has 0 spiro atoms. The molecule has 2 N–H and O–H groups in total. The smallest absolute Gasteiger partial charge is 0.475 e. The van der Waals surface area contributed by atoms with Gasteiger partial charge in [0.25, 0.3) is 5.91 Å². The van der Waals surface area contributed by atoms with Gasteiger partial charge in [-0.15, -0.1) is 0 Å². The van der Waals surface area contributed by atoms with E-state index < -0.39 is 12.1 Å². The molecule has 1 aromatic heterocycles. The number of likely N-dealkylation sites (tertiary alicyclic amines) is 1. The quantitative estimate of drug-likeness (QED) is 0.695. The minimum Gasteiger partial charge on any atom is -0.475 e. The number of alkyl halides is 3. The Morgan fingerprint density at radius 1 is 1.06 bits per heavy atom. The molecule has 0 saturated carbocycles. The number of carboxylic acid groups (broad SMARTS) is 1. The van der Waals surface area contributed by atoms with Gasteiger partial charge in [0.1, 0.15) is 0 Å². The lowest BCUT2D eigenvalue weighted by molar-refractivity contribution is -0.192. The number of ether oxygens (including phenoxy) is 2. The second-order valence-corrected chi connectivity index (χ2v) is 7.62. The third-order valence-electron chi connectivity index (χ3n) is 5.65. The first-order valence-corrected chi connectivity index (χ1v) is 9.85. The molecule has 3 aliphatic rings. The van der Waals surface area contributed by atoms with Gasteiger partial charge in [-0.25, -0.2) is 4.79 Å². The van der Waals surface area contributed by atoms with E-state index in [-0.39, 0.29) is 29.6 Å². The van der Waals surface area contributed by atoms with Crippen molar-refractivity contribution < 1.29 is 42.1 Å². The first-order chi connectivity index (χ1) is 14.7. The molecule has 4 heterocycles. The summed E-state index contributed by atoms with van der Waals surface area (Å²) in [7, 11) is 0. The van der Waals surface area contributed by atoms with Crippen LogP contribution in [0.25, 0.3) is 0 Å². The second-order valence-electron chi connectivity index (χ2n) is 7.62. The van der Waals surface area contributed by atoms with E-state index in [9.17, 15) is 22.8 Å². The number of aromatic nitrogens is 1. The average molecular weight is 447 g/mol. The molecule has 3 atom stereocenters. The van der Waals surface area contributed by atoms with Crippen molar-refractivity contribution in [2.45, 2.75) is 6.18 Å². The van der Waals surface area contributed by atoms with E-state index in [0.29, 0.717) is 58.2 Å². The van der Waals surface area contributed by atoms with E-state index in [2.05, 4.69) is 4.98 Å². The van der Waals surface area contributed by atoms with Crippen LogP contribution < -0.4 is 0 Å². The summed E-state index contributed by atoms with van der Waals surface area (Å²) in [5, 5.41) is 7.12. The van der Waals surface area contributed by atoms with Gasteiger partial charge in [-0.05, 0) is 12.0 Å². The van der Waals surface area contributed by atoms with Crippen molar-refractivity contribution in [3.63, 3.8) is 0 Å². The topological polar surface area (TPSA) is 112 Å². The first kappa shape index (κ1) is 23.1. The molecule has 0 aromatic carbocycles. The van der Waals surface area contributed by atoms with Gasteiger partial charge in [0.05, 0.1) is 37.9 Å². The van der Waals surface area contributed by atoms with Crippen LogP contribution in [0.1, 0.15) is 10.4 Å². The number of carbonyl (C=O) groups excluding carboxylic acids is 2. The number of amides is 2. The number of carbonyl (C=O) groups is 3. The zero-order valence-electron chi connectivity index (χ0n) is 16.6. The predicted octanol–water partition coefficient (Wildman–Crippen LogP) is 0.841. The Morgan fingerprint density at radius 3 is 2.32 bits per heavy atom. The lowest BCUT2D eigenvalue weighted by Gasteiger charge is -2.36. The van der Waals surface area contributed by atoms with Crippen molar-refractivity contribution in [1.82, 2.24) is 14.8 Å². The van der Waals surface area contributed by atoms with Gasteiger partial charge in [0, 0.05) is 44.5 Å². The zero-order chi connectivity index (χ0) is 22.6. The summed E-state index contributed by atoms with van der Waals surface area (Å²) in [6.45, 7) is 4.91. The average Bonchev–Trinajstić information content (AvgIpc) is 3.43. The fourth-order valence-electron chi connectivity index (χ4n) is 4.08. The Bertz CT molecular complexity index is 779. The van der Waals surface area contributed by atoms with E-state index in [1.165, 1.54) is 0 Å². The highest BCUT2D eigenvalue weighted by Crippen LogP contribution is 2.35. The Hall–Kier alpha value is -2.60. The number of carboxylic acids is 1. The van der Waals surface area contributed by atoms with E-state index >= 15 is 0 Å². The van der Waals surface area contributed by atoms with Gasteiger partial charge in [0.2, 0.25) is 5.91 Å². The molecule has 1 aromatic rings. The third-order valence-corrected chi connectivity index (χ3v) is 5.65. The Morgan fingerprint density at radius 2 is 1.74 bits per heavy atom. The summed E-state index contributed by atoms with van der Waals surface area (Å²) in [6.07, 6.45) is -1.61. The normalized spacial score (nSPS) is 26.0. The molecule has 0 bridgehead atoms. The number of fused-ring (bicyclic) bond motifs is 1. The minimum absolute atomic E-state index is 0.0308. The van der Waals surface area contributed by atoms with Crippen LogP contribution in [0.4, 0.5) is 13.2 Å². The molecular formula is C19H24F3N3O6. The van der Waals surface area contributed by atoms with E-state index in [4.69, 9.17) is 19.4 Å². The highest BCUT2D eigenvalue weighted by atomic mass is 19.4. The van der Waals surface area contributed by atoms with Gasteiger partial charge in [-0.1, -0.05) is 0 Å². The summed E-state index contributed by atoms with van der Waals surface area (Å²) >= 11 is 0. The van der Waals surface area contributed by atoms with Crippen LogP contribution in [-0.2, 0) is 19.1 Å². The molecule has 3 fully saturated rings. The molecule has 0 unspecified atom stereocenters. The summed E-state index contributed by atoms with van der Waals surface area (Å²) in [5.74, 6) is -2.28. The number of hydrogen-bond donors (Lipinski definition) is 2. The zero-order valence-corrected chi connectivity index (χ0v) is 16.6. The third kappa shape index (κ3) is 5.56. The van der Waals surface area contributed by atoms with Crippen molar-refractivity contribution in [2.75, 3.05) is 52.6 Å². The van der Waals surface area contributed by atoms with Crippen molar-refractivity contribution in [2.24, 2.45) is 17.8 Å². The van der Waals surface area contributed by atoms with E-state index in [1.807, 2.05) is 9.80 Å².